The van der Waals surface area contributed by atoms with E-state index in [4.69, 9.17) is 0 Å². The maximum Gasteiger partial charge on any atom is 0.323 e. The minimum Gasteiger partial charge on any atom is -0.468 e. The predicted molar refractivity (Wildman–Crippen MR) is 60.7 cm³/mol. The topological polar surface area (TPSA) is 52.6 Å². The van der Waals surface area contributed by atoms with Gasteiger partial charge in [0.2, 0.25) is 0 Å². The molecule has 0 aliphatic rings. The fourth-order valence-corrected chi connectivity index (χ4v) is 1.46. The molecule has 16 heavy (non-hydrogen) atoms. The second-order valence-corrected chi connectivity index (χ2v) is 3.33. The zero-order valence-electron chi connectivity index (χ0n) is 9.99. The monoisotopic (exact) mass is 226 g/mol. The lowest BCUT2D eigenvalue weighted by Gasteiger charge is -2.25. The first-order chi connectivity index (χ1) is 7.58. The summed E-state index contributed by atoms with van der Waals surface area (Å²) in [6.45, 7) is 5.36. The highest BCUT2D eigenvalue weighted by molar-refractivity contribution is 6.00. The Hall–Kier alpha value is -1.58. The van der Waals surface area contributed by atoms with Gasteiger partial charge in [-0.1, -0.05) is 18.2 Å². The van der Waals surface area contributed by atoms with E-state index in [1.54, 1.807) is 12.2 Å². The summed E-state index contributed by atoms with van der Waals surface area (Å²) in [5, 5.41) is 0. The van der Waals surface area contributed by atoms with Gasteiger partial charge < -0.3 is 9.47 Å². The van der Waals surface area contributed by atoms with Crippen molar-refractivity contribution in [2.45, 2.75) is 19.8 Å². The first-order valence-electron chi connectivity index (χ1n) is 4.98. The van der Waals surface area contributed by atoms with Gasteiger partial charge in [-0.15, -0.1) is 6.58 Å². The third kappa shape index (κ3) is 2.95. The molecule has 0 aliphatic carbocycles. The zero-order chi connectivity index (χ0) is 12.6. The fraction of sp³-hybridized carbons (Fsp3) is 0.500. The van der Waals surface area contributed by atoms with E-state index < -0.39 is 17.4 Å². The third-order valence-corrected chi connectivity index (χ3v) is 2.35. The lowest BCUT2D eigenvalue weighted by molar-refractivity contribution is -0.168. The first-order valence-corrected chi connectivity index (χ1v) is 4.98. The van der Waals surface area contributed by atoms with Gasteiger partial charge in [-0.05, 0) is 19.8 Å². The van der Waals surface area contributed by atoms with Gasteiger partial charge in [-0.2, -0.15) is 0 Å². The van der Waals surface area contributed by atoms with Crippen molar-refractivity contribution in [3.05, 3.63) is 24.8 Å². The number of rotatable bonds is 6. The number of esters is 2. The Balaban J connectivity index is 5.27. The van der Waals surface area contributed by atoms with Crippen molar-refractivity contribution in [3.8, 4) is 0 Å². The molecule has 0 heterocycles. The van der Waals surface area contributed by atoms with Crippen LogP contribution < -0.4 is 0 Å². The SMILES string of the molecule is C=CCC(C/C=C/C)(C(=O)OC)C(=O)OC. The van der Waals surface area contributed by atoms with Crippen LogP contribution in [0.2, 0.25) is 0 Å². The summed E-state index contributed by atoms with van der Waals surface area (Å²) >= 11 is 0. The molecule has 0 aliphatic heterocycles. The molecular weight excluding hydrogens is 208 g/mol. The highest BCUT2D eigenvalue weighted by Gasteiger charge is 2.46. The van der Waals surface area contributed by atoms with Gasteiger partial charge in [0.15, 0.2) is 5.41 Å². The normalized spacial score (nSPS) is 11.2. The fourth-order valence-electron chi connectivity index (χ4n) is 1.46. The van der Waals surface area contributed by atoms with E-state index in [0.717, 1.165) is 0 Å². The van der Waals surface area contributed by atoms with Crippen LogP contribution in [0.3, 0.4) is 0 Å². The standard InChI is InChI=1S/C12H18O4/c1-5-7-9-12(8-6-2,10(13)15-3)11(14)16-4/h5-7H,2,8-9H2,1,3-4H3/b7-5+. The van der Waals surface area contributed by atoms with E-state index in [9.17, 15) is 9.59 Å². The van der Waals surface area contributed by atoms with Gasteiger partial charge in [0, 0.05) is 0 Å². The Morgan fingerprint density at radius 3 is 2.00 bits per heavy atom. The molecule has 0 spiro atoms. The molecule has 0 radical (unpaired) electrons. The summed E-state index contributed by atoms with van der Waals surface area (Å²) in [5.41, 5.74) is -1.31. The van der Waals surface area contributed by atoms with Crippen molar-refractivity contribution in [3.63, 3.8) is 0 Å². The molecule has 0 aromatic rings. The summed E-state index contributed by atoms with van der Waals surface area (Å²) in [7, 11) is 2.50. The number of allylic oxidation sites excluding steroid dienone is 3. The minimum atomic E-state index is -1.31. The van der Waals surface area contributed by atoms with Crippen LogP contribution in [0.1, 0.15) is 19.8 Å². The van der Waals surface area contributed by atoms with E-state index in [-0.39, 0.29) is 12.8 Å². The van der Waals surface area contributed by atoms with Gasteiger partial charge in [0.1, 0.15) is 0 Å². The molecule has 0 bridgehead atoms. The van der Waals surface area contributed by atoms with Crippen LogP contribution in [0.4, 0.5) is 0 Å². The quantitative estimate of drug-likeness (QED) is 0.394. The Bertz CT molecular complexity index is 275. The number of carbonyl (C=O) groups excluding carboxylic acids is 2. The Morgan fingerprint density at radius 1 is 1.19 bits per heavy atom. The van der Waals surface area contributed by atoms with Crippen LogP contribution in [0, 0.1) is 5.41 Å². The summed E-state index contributed by atoms with van der Waals surface area (Å²) < 4.78 is 9.33. The number of ether oxygens (including phenoxy) is 2. The van der Waals surface area contributed by atoms with Crippen molar-refractivity contribution < 1.29 is 19.1 Å². The van der Waals surface area contributed by atoms with Crippen molar-refractivity contribution in [2.75, 3.05) is 14.2 Å². The van der Waals surface area contributed by atoms with E-state index in [1.807, 2.05) is 6.92 Å². The van der Waals surface area contributed by atoms with Crippen LogP contribution in [-0.4, -0.2) is 26.2 Å². The number of hydrogen-bond acceptors (Lipinski definition) is 4. The number of carbonyl (C=O) groups is 2. The highest BCUT2D eigenvalue weighted by Crippen LogP contribution is 2.31. The summed E-state index contributed by atoms with van der Waals surface area (Å²) in [6.07, 6.45) is 5.45. The average molecular weight is 226 g/mol. The third-order valence-electron chi connectivity index (χ3n) is 2.35. The van der Waals surface area contributed by atoms with Gasteiger partial charge in [0.05, 0.1) is 14.2 Å². The van der Waals surface area contributed by atoms with Crippen molar-refractivity contribution >= 4 is 11.9 Å². The smallest absolute Gasteiger partial charge is 0.323 e. The van der Waals surface area contributed by atoms with E-state index in [1.165, 1.54) is 20.3 Å². The second-order valence-electron chi connectivity index (χ2n) is 3.33. The largest absolute Gasteiger partial charge is 0.468 e. The molecule has 4 heteroatoms. The molecule has 90 valence electrons. The molecule has 0 aromatic carbocycles. The maximum absolute atomic E-state index is 11.7. The molecule has 0 rings (SSSR count). The summed E-state index contributed by atoms with van der Waals surface area (Å²) in [5.74, 6) is -1.20. The van der Waals surface area contributed by atoms with E-state index in [0.29, 0.717) is 0 Å². The zero-order valence-corrected chi connectivity index (χ0v) is 9.99. The lowest BCUT2D eigenvalue weighted by atomic mass is 9.81. The lowest BCUT2D eigenvalue weighted by Crippen LogP contribution is -2.40. The van der Waals surface area contributed by atoms with Crippen LogP contribution in [0.25, 0.3) is 0 Å². The number of methoxy groups -OCH3 is 2. The molecule has 0 fully saturated rings. The van der Waals surface area contributed by atoms with Crippen molar-refractivity contribution in [1.82, 2.24) is 0 Å². The predicted octanol–water partition coefficient (Wildman–Crippen LogP) is 1.86. The molecule has 4 nitrogen and oxygen atoms in total. The molecule has 0 unspecified atom stereocenters. The van der Waals surface area contributed by atoms with E-state index >= 15 is 0 Å². The van der Waals surface area contributed by atoms with Gasteiger partial charge in [-0.3, -0.25) is 9.59 Å². The molecule has 0 amide bonds. The first kappa shape index (κ1) is 14.4. The molecule has 0 atom stereocenters. The average Bonchev–Trinajstić information content (AvgIpc) is 2.32. The van der Waals surface area contributed by atoms with E-state index in [2.05, 4.69) is 16.1 Å². The highest BCUT2D eigenvalue weighted by atomic mass is 16.5. The van der Waals surface area contributed by atoms with Gasteiger partial charge in [0.25, 0.3) is 0 Å². The molecule has 0 saturated heterocycles. The van der Waals surface area contributed by atoms with Crippen molar-refractivity contribution in [1.29, 1.82) is 0 Å². The number of hydrogen-bond donors (Lipinski definition) is 0. The van der Waals surface area contributed by atoms with Crippen molar-refractivity contribution in [2.24, 2.45) is 5.41 Å². The second kappa shape index (κ2) is 6.82. The summed E-state index contributed by atoms with van der Waals surface area (Å²) in [4.78, 5) is 23.5. The molecule has 0 N–H and O–H groups in total. The molecular formula is C12H18O4. The molecule has 0 aromatic heterocycles. The van der Waals surface area contributed by atoms with Crippen LogP contribution in [0.15, 0.2) is 24.8 Å². The Morgan fingerprint density at radius 2 is 1.69 bits per heavy atom. The van der Waals surface area contributed by atoms with Gasteiger partial charge >= 0.3 is 11.9 Å². The maximum atomic E-state index is 11.7. The van der Waals surface area contributed by atoms with Crippen LogP contribution >= 0.6 is 0 Å². The Kier molecular flexibility index (Phi) is 6.15. The van der Waals surface area contributed by atoms with Crippen LogP contribution in [0.5, 0.6) is 0 Å². The molecule has 0 saturated carbocycles. The summed E-state index contributed by atoms with van der Waals surface area (Å²) in [6, 6.07) is 0. The van der Waals surface area contributed by atoms with Crippen LogP contribution in [-0.2, 0) is 19.1 Å². The minimum absolute atomic E-state index is 0.191. The Labute approximate surface area is 95.9 Å². The van der Waals surface area contributed by atoms with Gasteiger partial charge in [-0.25, -0.2) is 0 Å².